The predicted octanol–water partition coefficient (Wildman–Crippen LogP) is 0.903. The molecular weight excluding hydrogens is 367 g/mol. The molecule has 0 unspecified atom stereocenters. The Balaban J connectivity index is 0.00000361. The molecule has 5 nitrogen and oxygen atoms in total. The van der Waals surface area contributed by atoms with Gasteiger partial charge in [0.15, 0.2) is 5.96 Å². The number of terminal acetylenes is 1. The molecule has 0 radical (unpaired) electrons. The van der Waals surface area contributed by atoms with Crippen LogP contribution in [0.2, 0.25) is 0 Å². The van der Waals surface area contributed by atoms with Crippen molar-refractivity contribution in [2.45, 2.75) is 26.3 Å². The van der Waals surface area contributed by atoms with Crippen molar-refractivity contribution in [3.8, 4) is 12.3 Å². The Bertz CT molecular complexity index is 339. The largest absolute Gasteiger partial charge is 0.378 e. The summed E-state index contributed by atoms with van der Waals surface area (Å²) >= 11 is 0. The van der Waals surface area contributed by atoms with Gasteiger partial charge in [-0.2, -0.15) is 0 Å². The third-order valence-electron chi connectivity index (χ3n) is 3.16. The molecule has 1 fully saturated rings. The molecule has 1 heterocycles. The molecule has 2 N–H and O–H groups in total. The first-order valence-corrected chi connectivity index (χ1v) is 6.88. The van der Waals surface area contributed by atoms with Gasteiger partial charge in [0, 0.05) is 25.2 Å². The fourth-order valence-electron chi connectivity index (χ4n) is 2.06. The number of halogens is 1. The molecule has 1 rings (SSSR count). The van der Waals surface area contributed by atoms with Crippen LogP contribution in [0.25, 0.3) is 0 Å². The Kier molecular flexibility index (Phi) is 9.98. The Morgan fingerprint density at radius 2 is 2.20 bits per heavy atom. The molecule has 0 aromatic rings. The standard InChI is InChI=1S/C14H26N4O.HI/c1-5-7-16-13(15-6-2)17-8-9-18-10-11-19-12-14(18,3)4;/h1H,6-12H2,2-4H3,(H2,15,16,17);1H. The van der Waals surface area contributed by atoms with E-state index in [0.717, 1.165) is 45.4 Å². The molecule has 1 aliphatic rings. The van der Waals surface area contributed by atoms with Crippen LogP contribution in [-0.2, 0) is 4.74 Å². The van der Waals surface area contributed by atoms with Crippen molar-refractivity contribution in [2.75, 3.05) is 45.9 Å². The Morgan fingerprint density at radius 1 is 1.45 bits per heavy atom. The van der Waals surface area contributed by atoms with E-state index in [1.54, 1.807) is 0 Å². The van der Waals surface area contributed by atoms with Crippen LogP contribution in [0.5, 0.6) is 0 Å². The SMILES string of the molecule is C#CCNC(=NCCN1CCOCC1(C)C)NCC.I. The molecular formula is C14H27IN4O. The summed E-state index contributed by atoms with van der Waals surface area (Å²) in [6.45, 7) is 12.0. The summed E-state index contributed by atoms with van der Waals surface area (Å²) in [5.74, 6) is 3.33. The highest BCUT2D eigenvalue weighted by molar-refractivity contribution is 14.0. The van der Waals surface area contributed by atoms with Crippen molar-refractivity contribution in [1.82, 2.24) is 15.5 Å². The van der Waals surface area contributed by atoms with Gasteiger partial charge in [0.1, 0.15) is 0 Å². The molecule has 0 atom stereocenters. The summed E-state index contributed by atoms with van der Waals surface area (Å²) in [5.41, 5.74) is 0.0956. The van der Waals surface area contributed by atoms with Gasteiger partial charge in [-0.05, 0) is 20.8 Å². The number of aliphatic imine (C=N–C) groups is 1. The summed E-state index contributed by atoms with van der Waals surface area (Å²) < 4.78 is 5.51. The van der Waals surface area contributed by atoms with Gasteiger partial charge in [-0.15, -0.1) is 30.4 Å². The van der Waals surface area contributed by atoms with Gasteiger partial charge in [-0.3, -0.25) is 9.89 Å². The van der Waals surface area contributed by atoms with Gasteiger partial charge in [0.25, 0.3) is 0 Å². The minimum Gasteiger partial charge on any atom is -0.378 e. The lowest BCUT2D eigenvalue weighted by Gasteiger charge is -2.41. The van der Waals surface area contributed by atoms with E-state index in [4.69, 9.17) is 11.2 Å². The second kappa shape index (κ2) is 10.2. The highest BCUT2D eigenvalue weighted by Gasteiger charge is 2.29. The zero-order valence-corrected chi connectivity index (χ0v) is 15.1. The first-order chi connectivity index (χ1) is 9.10. The number of rotatable bonds is 5. The minimum atomic E-state index is 0. The van der Waals surface area contributed by atoms with E-state index in [1.165, 1.54) is 0 Å². The Labute approximate surface area is 139 Å². The second-order valence-corrected chi connectivity index (χ2v) is 5.17. The number of guanidine groups is 1. The van der Waals surface area contributed by atoms with E-state index >= 15 is 0 Å². The number of hydrogen-bond acceptors (Lipinski definition) is 3. The Hall–Kier alpha value is -0.520. The maximum atomic E-state index is 5.51. The van der Waals surface area contributed by atoms with Crippen molar-refractivity contribution in [1.29, 1.82) is 0 Å². The van der Waals surface area contributed by atoms with Gasteiger partial charge in [0.2, 0.25) is 0 Å². The van der Waals surface area contributed by atoms with Gasteiger partial charge in [-0.1, -0.05) is 5.92 Å². The fraction of sp³-hybridized carbons (Fsp3) is 0.786. The molecule has 0 saturated carbocycles. The smallest absolute Gasteiger partial charge is 0.192 e. The zero-order chi connectivity index (χ0) is 14.1. The molecule has 0 aliphatic carbocycles. The number of hydrogen-bond donors (Lipinski definition) is 2. The number of nitrogens with one attached hydrogen (secondary N) is 2. The average molecular weight is 394 g/mol. The van der Waals surface area contributed by atoms with Crippen molar-refractivity contribution in [3.05, 3.63) is 0 Å². The van der Waals surface area contributed by atoms with Crippen LogP contribution < -0.4 is 10.6 Å². The van der Waals surface area contributed by atoms with E-state index in [0.29, 0.717) is 6.54 Å². The lowest BCUT2D eigenvalue weighted by molar-refractivity contribution is -0.0491. The summed E-state index contributed by atoms with van der Waals surface area (Å²) in [6.07, 6.45) is 5.24. The maximum Gasteiger partial charge on any atom is 0.192 e. The minimum absolute atomic E-state index is 0. The topological polar surface area (TPSA) is 48.9 Å². The third-order valence-corrected chi connectivity index (χ3v) is 3.16. The summed E-state index contributed by atoms with van der Waals surface area (Å²) in [6, 6.07) is 0. The summed E-state index contributed by atoms with van der Waals surface area (Å²) in [7, 11) is 0. The van der Waals surface area contributed by atoms with Crippen molar-refractivity contribution in [2.24, 2.45) is 4.99 Å². The van der Waals surface area contributed by atoms with Gasteiger partial charge < -0.3 is 15.4 Å². The molecule has 1 saturated heterocycles. The number of ether oxygens (including phenoxy) is 1. The molecule has 0 bridgehead atoms. The highest BCUT2D eigenvalue weighted by Crippen LogP contribution is 2.17. The van der Waals surface area contributed by atoms with E-state index in [1.807, 2.05) is 6.92 Å². The van der Waals surface area contributed by atoms with Crippen LogP contribution in [0.3, 0.4) is 0 Å². The van der Waals surface area contributed by atoms with Crippen LogP contribution in [-0.4, -0.2) is 62.3 Å². The van der Waals surface area contributed by atoms with Crippen molar-refractivity contribution in [3.63, 3.8) is 0 Å². The number of morpholine rings is 1. The van der Waals surface area contributed by atoms with E-state index in [9.17, 15) is 0 Å². The van der Waals surface area contributed by atoms with Gasteiger partial charge in [-0.25, -0.2) is 0 Å². The highest BCUT2D eigenvalue weighted by atomic mass is 127. The molecule has 0 amide bonds. The Morgan fingerprint density at radius 3 is 2.80 bits per heavy atom. The molecule has 1 aliphatic heterocycles. The predicted molar refractivity (Wildman–Crippen MR) is 94.7 cm³/mol. The summed E-state index contributed by atoms with van der Waals surface area (Å²) in [4.78, 5) is 6.95. The quantitative estimate of drug-likeness (QED) is 0.315. The van der Waals surface area contributed by atoms with Gasteiger partial charge >= 0.3 is 0 Å². The van der Waals surface area contributed by atoms with Crippen LogP contribution in [0.1, 0.15) is 20.8 Å². The van der Waals surface area contributed by atoms with Crippen LogP contribution in [0, 0.1) is 12.3 Å². The van der Waals surface area contributed by atoms with Gasteiger partial charge in [0.05, 0.1) is 26.3 Å². The second-order valence-electron chi connectivity index (χ2n) is 5.17. The molecule has 0 aromatic carbocycles. The molecule has 20 heavy (non-hydrogen) atoms. The molecule has 0 spiro atoms. The molecule has 6 heteroatoms. The molecule has 0 aromatic heterocycles. The maximum absolute atomic E-state index is 5.51. The first-order valence-electron chi connectivity index (χ1n) is 6.88. The van der Waals surface area contributed by atoms with Crippen LogP contribution in [0.4, 0.5) is 0 Å². The normalized spacial score (nSPS) is 18.8. The number of nitrogens with zero attached hydrogens (tertiary/aromatic N) is 2. The lowest BCUT2D eigenvalue weighted by atomic mass is 10.0. The van der Waals surface area contributed by atoms with Crippen LogP contribution in [0.15, 0.2) is 4.99 Å². The lowest BCUT2D eigenvalue weighted by Crippen LogP contribution is -2.53. The van der Waals surface area contributed by atoms with Crippen molar-refractivity contribution >= 4 is 29.9 Å². The van der Waals surface area contributed by atoms with Crippen LogP contribution >= 0.6 is 24.0 Å². The monoisotopic (exact) mass is 394 g/mol. The first kappa shape index (κ1) is 19.5. The van der Waals surface area contributed by atoms with E-state index < -0.39 is 0 Å². The third kappa shape index (κ3) is 6.77. The molecule has 116 valence electrons. The van der Waals surface area contributed by atoms with E-state index in [2.05, 4.69) is 40.3 Å². The summed E-state index contributed by atoms with van der Waals surface area (Å²) in [5, 5.41) is 6.26. The van der Waals surface area contributed by atoms with Crippen molar-refractivity contribution < 1.29 is 4.74 Å². The fourth-order valence-corrected chi connectivity index (χ4v) is 2.06. The zero-order valence-electron chi connectivity index (χ0n) is 12.7. The van der Waals surface area contributed by atoms with E-state index in [-0.39, 0.29) is 29.5 Å². The average Bonchev–Trinajstić information content (AvgIpc) is 2.37.